The highest BCUT2D eigenvalue weighted by molar-refractivity contribution is 7.80. The minimum Gasteiger partial charge on any atom is -0.496 e. The first-order valence-corrected chi connectivity index (χ1v) is 7.81. The molecule has 2 N–H and O–H groups in total. The van der Waals surface area contributed by atoms with E-state index in [0.29, 0.717) is 17.2 Å². The fraction of sp³-hybridized carbons (Fsp3) is 0.222. The largest absolute Gasteiger partial charge is 0.496 e. The van der Waals surface area contributed by atoms with E-state index in [4.69, 9.17) is 21.7 Å². The van der Waals surface area contributed by atoms with E-state index >= 15 is 0 Å². The molecule has 0 saturated carbocycles. The highest BCUT2D eigenvalue weighted by Gasteiger charge is 2.09. The predicted molar refractivity (Wildman–Crippen MR) is 98.6 cm³/mol. The molecule has 24 heavy (non-hydrogen) atoms. The van der Waals surface area contributed by atoms with E-state index < -0.39 is 0 Å². The number of esters is 1. The summed E-state index contributed by atoms with van der Waals surface area (Å²) in [5, 5.41) is 6.71. The monoisotopic (exact) mass is 344 g/mol. The lowest BCUT2D eigenvalue weighted by molar-refractivity contribution is 0.0601. The molecule has 0 aliphatic rings. The lowest BCUT2D eigenvalue weighted by atomic mass is 10.1. The number of para-hydroxylation sites is 1. The summed E-state index contributed by atoms with van der Waals surface area (Å²) in [7, 11) is 2.99. The average molecular weight is 344 g/mol. The first-order valence-electron chi connectivity index (χ1n) is 7.41. The Labute approximate surface area is 147 Å². The molecule has 0 aromatic heterocycles. The minimum atomic E-state index is -0.383. The quantitative estimate of drug-likeness (QED) is 0.641. The molecule has 0 aliphatic heterocycles. The van der Waals surface area contributed by atoms with Crippen LogP contribution in [-0.2, 0) is 11.3 Å². The van der Waals surface area contributed by atoms with Crippen molar-refractivity contribution in [2.24, 2.45) is 0 Å². The van der Waals surface area contributed by atoms with E-state index in [1.807, 2.05) is 37.3 Å². The third-order valence-corrected chi connectivity index (χ3v) is 3.79. The zero-order valence-corrected chi connectivity index (χ0v) is 14.7. The molecule has 0 aliphatic carbocycles. The number of aryl methyl sites for hydroxylation is 1. The number of rotatable bonds is 5. The number of anilines is 1. The van der Waals surface area contributed by atoms with Gasteiger partial charge < -0.3 is 20.1 Å². The molecule has 126 valence electrons. The van der Waals surface area contributed by atoms with Crippen molar-refractivity contribution < 1.29 is 14.3 Å². The Morgan fingerprint density at radius 2 is 1.92 bits per heavy atom. The number of carbonyl (C=O) groups is 1. The van der Waals surface area contributed by atoms with Crippen LogP contribution >= 0.6 is 12.2 Å². The summed E-state index contributed by atoms with van der Waals surface area (Å²) in [6, 6.07) is 13.0. The number of methoxy groups -OCH3 is 2. The van der Waals surface area contributed by atoms with Crippen molar-refractivity contribution >= 4 is 29.0 Å². The Morgan fingerprint density at radius 3 is 2.62 bits per heavy atom. The van der Waals surface area contributed by atoms with Gasteiger partial charge in [0.15, 0.2) is 5.11 Å². The number of benzene rings is 2. The topological polar surface area (TPSA) is 59.6 Å². The second kappa shape index (κ2) is 8.31. The van der Waals surface area contributed by atoms with Gasteiger partial charge >= 0.3 is 5.97 Å². The van der Waals surface area contributed by atoms with Crippen LogP contribution < -0.4 is 15.4 Å². The summed E-state index contributed by atoms with van der Waals surface area (Å²) in [4.78, 5) is 11.6. The van der Waals surface area contributed by atoms with E-state index in [1.54, 1.807) is 19.2 Å². The summed E-state index contributed by atoms with van der Waals surface area (Å²) in [5.41, 5.74) is 3.21. The molecule has 0 atom stereocenters. The predicted octanol–water partition coefficient (Wildman–Crippen LogP) is 3.28. The second-order valence-corrected chi connectivity index (χ2v) is 5.55. The maximum absolute atomic E-state index is 11.6. The van der Waals surface area contributed by atoms with Crippen LogP contribution in [0.2, 0.25) is 0 Å². The second-order valence-electron chi connectivity index (χ2n) is 5.14. The van der Waals surface area contributed by atoms with Crippen LogP contribution in [0.1, 0.15) is 21.5 Å². The van der Waals surface area contributed by atoms with Crippen molar-refractivity contribution in [2.45, 2.75) is 13.5 Å². The van der Waals surface area contributed by atoms with Crippen LogP contribution in [0.5, 0.6) is 5.75 Å². The lowest BCUT2D eigenvalue weighted by Crippen LogP contribution is -2.28. The van der Waals surface area contributed by atoms with Gasteiger partial charge in [-0.05, 0) is 42.9 Å². The van der Waals surface area contributed by atoms with E-state index in [2.05, 4.69) is 10.6 Å². The van der Waals surface area contributed by atoms with Crippen molar-refractivity contribution in [3.63, 3.8) is 0 Å². The van der Waals surface area contributed by atoms with Crippen molar-refractivity contribution in [2.75, 3.05) is 19.5 Å². The fourth-order valence-corrected chi connectivity index (χ4v) is 2.37. The number of hydrogen-bond acceptors (Lipinski definition) is 4. The normalized spacial score (nSPS) is 9.96. The number of carbonyl (C=O) groups excluding carboxylic acids is 1. The van der Waals surface area contributed by atoms with Gasteiger partial charge in [-0.1, -0.05) is 24.3 Å². The lowest BCUT2D eigenvalue weighted by Gasteiger charge is -2.14. The van der Waals surface area contributed by atoms with Gasteiger partial charge in [0.1, 0.15) is 5.75 Å². The van der Waals surface area contributed by atoms with Crippen LogP contribution in [0.15, 0.2) is 42.5 Å². The molecule has 0 heterocycles. The molecule has 0 fully saturated rings. The van der Waals surface area contributed by atoms with Gasteiger partial charge in [0, 0.05) is 17.8 Å². The Kier molecular flexibility index (Phi) is 6.14. The molecule has 0 spiro atoms. The molecule has 0 saturated heterocycles. The standard InChI is InChI=1S/C18H20N2O3S/c1-12-8-9-13(17(21)23-3)10-15(12)20-18(24)19-11-14-6-4-5-7-16(14)22-2/h4-10H,11H2,1-3H3,(H2,19,20,24). The Bertz CT molecular complexity index is 747. The number of thiocarbonyl (C=S) groups is 1. The van der Waals surface area contributed by atoms with E-state index in [9.17, 15) is 4.79 Å². The Hall–Kier alpha value is -2.60. The van der Waals surface area contributed by atoms with E-state index in [1.165, 1.54) is 7.11 Å². The van der Waals surface area contributed by atoms with Gasteiger partial charge in [-0.2, -0.15) is 0 Å². The number of nitrogens with one attached hydrogen (secondary N) is 2. The van der Waals surface area contributed by atoms with E-state index in [0.717, 1.165) is 22.6 Å². The summed E-state index contributed by atoms with van der Waals surface area (Å²) in [5.74, 6) is 0.419. The molecule has 2 rings (SSSR count). The average Bonchev–Trinajstić information content (AvgIpc) is 2.61. The third kappa shape index (κ3) is 4.45. The summed E-state index contributed by atoms with van der Waals surface area (Å²) < 4.78 is 10.1. The molecule has 0 amide bonds. The highest BCUT2D eigenvalue weighted by Crippen LogP contribution is 2.19. The summed E-state index contributed by atoms with van der Waals surface area (Å²) >= 11 is 5.33. The SMILES string of the molecule is COC(=O)c1ccc(C)c(NC(=S)NCc2ccccc2OC)c1. The van der Waals surface area contributed by atoms with Crippen LogP contribution in [0.25, 0.3) is 0 Å². The van der Waals surface area contributed by atoms with Crippen molar-refractivity contribution in [3.05, 3.63) is 59.2 Å². The third-order valence-electron chi connectivity index (χ3n) is 3.54. The molecular weight excluding hydrogens is 324 g/mol. The first-order chi connectivity index (χ1) is 11.5. The first kappa shape index (κ1) is 17.7. The molecule has 0 radical (unpaired) electrons. The Balaban J connectivity index is 2.03. The highest BCUT2D eigenvalue weighted by atomic mass is 32.1. The molecule has 2 aromatic carbocycles. The number of ether oxygens (including phenoxy) is 2. The van der Waals surface area contributed by atoms with Gasteiger partial charge in [0.25, 0.3) is 0 Å². The molecule has 2 aromatic rings. The molecule has 5 nitrogen and oxygen atoms in total. The summed E-state index contributed by atoms with van der Waals surface area (Å²) in [6.07, 6.45) is 0. The van der Waals surface area contributed by atoms with Gasteiger partial charge in [0.05, 0.1) is 19.8 Å². The molecule has 0 unspecified atom stereocenters. The van der Waals surface area contributed by atoms with Gasteiger partial charge in [0.2, 0.25) is 0 Å². The smallest absolute Gasteiger partial charge is 0.337 e. The zero-order valence-electron chi connectivity index (χ0n) is 13.9. The molecular formula is C18H20N2O3S. The van der Waals surface area contributed by atoms with E-state index in [-0.39, 0.29) is 5.97 Å². The molecule has 6 heteroatoms. The van der Waals surface area contributed by atoms with Crippen LogP contribution in [-0.4, -0.2) is 25.3 Å². The number of hydrogen-bond donors (Lipinski definition) is 2. The Morgan fingerprint density at radius 1 is 1.17 bits per heavy atom. The van der Waals surface area contributed by atoms with Gasteiger partial charge in [-0.25, -0.2) is 4.79 Å². The molecule has 0 bridgehead atoms. The van der Waals surface area contributed by atoms with Gasteiger partial charge in [-0.3, -0.25) is 0 Å². The maximum atomic E-state index is 11.6. The van der Waals surface area contributed by atoms with Crippen molar-refractivity contribution in [1.82, 2.24) is 5.32 Å². The van der Waals surface area contributed by atoms with Crippen LogP contribution in [0, 0.1) is 6.92 Å². The maximum Gasteiger partial charge on any atom is 0.337 e. The summed E-state index contributed by atoms with van der Waals surface area (Å²) in [6.45, 7) is 2.47. The van der Waals surface area contributed by atoms with Gasteiger partial charge in [-0.15, -0.1) is 0 Å². The minimum absolute atomic E-state index is 0.383. The zero-order chi connectivity index (χ0) is 17.5. The van der Waals surface area contributed by atoms with Crippen molar-refractivity contribution in [1.29, 1.82) is 0 Å². The van der Waals surface area contributed by atoms with Crippen molar-refractivity contribution in [3.8, 4) is 5.75 Å². The van der Waals surface area contributed by atoms with Crippen LogP contribution in [0.4, 0.5) is 5.69 Å². The van der Waals surface area contributed by atoms with Crippen LogP contribution in [0.3, 0.4) is 0 Å². The fourth-order valence-electron chi connectivity index (χ4n) is 2.19.